The van der Waals surface area contributed by atoms with Gasteiger partial charge in [0.25, 0.3) is 11.8 Å². The summed E-state index contributed by atoms with van der Waals surface area (Å²) in [5.41, 5.74) is 2.56. The molecular weight excluding hydrogens is 663 g/mol. The molecule has 1 unspecified atom stereocenters. The number of carbonyl (C=O) groups is 3. The number of rotatable bonds is 14. The standard InChI is InChI=1S/C36H33N5O4S3/c1-3-45-28-19-15-24(16-20-28)23-30(38-32(42)26-13-9-6-10-14-26)33(43)37-27-17-21-29(22-18-27)47-31(25-11-7-5-8-12-25)34(44)39-35-40-36(41-48-35)46-4-2/h5-23,31H,3-4H2,1-2H3,(H,37,43)(H,38,42)(H,39,40,41,44)/b30-23-. The lowest BCUT2D eigenvalue weighted by molar-refractivity contribution is -0.116. The fourth-order valence-corrected chi connectivity index (χ4v) is 6.71. The zero-order valence-electron chi connectivity index (χ0n) is 26.2. The molecule has 0 aliphatic heterocycles. The second kappa shape index (κ2) is 17.3. The quantitative estimate of drug-likeness (QED) is 0.0791. The Kier molecular flexibility index (Phi) is 12.4. The first-order chi connectivity index (χ1) is 23.4. The molecule has 1 atom stereocenters. The van der Waals surface area contributed by atoms with Gasteiger partial charge in [0, 0.05) is 27.7 Å². The van der Waals surface area contributed by atoms with Crippen LogP contribution in [0, 0.1) is 0 Å². The van der Waals surface area contributed by atoms with Crippen LogP contribution < -0.4 is 20.7 Å². The molecule has 3 amide bonds. The van der Waals surface area contributed by atoms with Gasteiger partial charge in [0.2, 0.25) is 16.2 Å². The number of benzene rings is 4. The van der Waals surface area contributed by atoms with Crippen molar-refractivity contribution in [3.8, 4) is 5.75 Å². The Balaban J connectivity index is 1.31. The van der Waals surface area contributed by atoms with E-state index in [4.69, 9.17) is 4.74 Å². The predicted molar refractivity (Wildman–Crippen MR) is 195 cm³/mol. The van der Waals surface area contributed by atoms with Gasteiger partial charge in [-0.05, 0) is 78.4 Å². The molecule has 0 bridgehead atoms. The Morgan fingerprint density at radius 1 is 0.854 bits per heavy atom. The van der Waals surface area contributed by atoms with Crippen LogP contribution in [0.15, 0.2) is 125 Å². The summed E-state index contributed by atoms with van der Waals surface area (Å²) in [6, 6.07) is 32.6. The van der Waals surface area contributed by atoms with Crippen LogP contribution in [0.5, 0.6) is 5.75 Å². The molecule has 12 heteroatoms. The number of hydrogen-bond donors (Lipinski definition) is 3. The summed E-state index contributed by atoms with van der Waals surface area (Å²) >= 11 is 4.05. The van der Waals surface area contributed by atoms with Crippen LogP contribution in [-0.2, 0) is 9.59 Å². The molecule has 0 saturated carbocycles. The van der Waals surface area contributed by atoms with E-state index in [2.05, 4.69) is 25.3 Å². The molecule has 1 aromatic heterocycles. The zero-order chi connectivity index (χ0) is 33.7. The Labute approximate surface area is 291 Å². The minimum Gasteiger partial charge on any atom is -0.494 e. The Bertz CT molecular complexity index is 1850. The van der Waals surface area contributed by atoms with Crippen molar-refractivity contribution in [2.45, 2.75) is 29.1 Å². The second-order valence-corrected chi connectivity index (χ2v) is 13.2. The van der Waals surface area contributed by atoms with E-state index in [0.717, 1.165) is 27.7 Å². The summed E-state index contributed by atoms with van der Waals surface area (Å²) in [5.74, 6) is 0.429. The number of nitrogens with one attached hydrogen (secondary N) is 3. The molecule has 3 N–H and O–H groups in total. The van der Waals surface area contributed by atoms with E-state index < -0.39 is 17.1 Å². The van der Waals surface area contributed by atoms with Gasteiger partial charge in [0.15, 0.2) is 0 Å². The molecule has 5 rings (SSSR count). The third-order valence-electron chi connectivity index (χ3n) is 6.65. The number of nitrogens with zero attached hydrogens (tertiary/aromatic N) is 2. The van der Waals surface area contributed by atoms with Crippen LogP contribution in [0.2, 0.25) is 0 Å². The topological polar surface area (TPSA) is 122 Å². The number of thioether (sulfide) groups is 2. The average molecular weight is 696 g/mol. The van der Waals surface area contributed by atoms with Crippen molar-refractivity contribution in [3.63, 3.8) is 0 Å². The summed E-state index contributed by atoms with van der Waals surface area (Å²) < 4.78 is 9.81. The monoisotopic (exact) mass is 695 g/mol. The molecule has 0 radical (unpaired) electrons. The van der Waals surface area contributed by atoms with Gasteiger partial charge in [-0.25, -0.2) is 0 Å². The van der Waals surface area contributed by atoms with Crippen molar-refractivity contribution in [1.29, 1.82) is 0 Å². The Hall–Kier alpha value is -4.91. The maximum Gasteiger partial charge on any atom is 0.272 e. The average Bonchev–Trinajstić information content (AvgIpc) is 3.55. The summed E-state index contributed by atoms with van der Waals surface area (Å²) in [6.07, 6.45) is 1.61. The minimum absolute atomic E-state index is 0.0736. The zero-order valence-corrected chi connectivity index (χ0v) is 28.7. The van der Waals surface area contributed by atoms with Gasteiger partial charge < -0.3 is 15.4 Å². The van der Waals surface area contributed by atoms with E-state index >= 15 is 0 Å². The lowest BCUT2D eigenvalue weighted by Crippen LogP contribution is -2.30. The molecule has 0 aliphatic rings. The normalized spacial score (nSPS) is 11.8. The van der Waals surface area contributed by atoms with Gasteiger partial charge in [-0.15, -0.1) is 11.8 Å². The third kappa shape index (κ3) is 9.80. The Morgan fingerprint density at radius 3 is 2.21 bits per heavy atom. The molecule has 244 valence electrons. The maximum atomic E-state index is 13.5. The van der Waals surface area contributed by atoms with Crippen LogP contribution in [-0.4, -0.2) is 39.4 Å². The second-order valence-electron chi connectivity index (χ2n) is 10.1. The highest BCUT2D eigenvalue weighted by Gasteiger charge is 2.24. The van der Waals surface area contributed by atoms with Gasteiger partial charge in [0.05, 0.1) is 6.61 Å². The molecule has 0 saturated heterocycles. The molecule has 9 nitrogen and oxygen atoms in total. The summed E-state index contributed by atoms with van der Waals surface area (Å²) in [7, 11) is 0. The molecule has 48 heavy (non-hydrogen) atoms. The predicted octanol–water partition coefficient (Wildman–Crippen LogP) is 7.93. The van der Waals surface area contributed by atoms with Crippen molar-refractivity contribution in [3.05, 3.63) is 132 Å². The van der Waals surface area contributed by atoms with E-state index in [-0.39, 0.29) is 11.6 Å². The SMILES string of the molecule is CCOc1ccc(/C=C(\NC(=O)c2ccccc2)C(=O)Nc2ccc(SC(C(=O)Nc3nc(SCC)ns3)c3ccccc3)cc2)cc1. The number of ether oxygens (including phenoxy) is 1. The molecule has 4 aromatic carbocycles. The van der Waals surface area contributed by atoms with Crippen molar-refractivity contribution < 1.29 is 19.1 Å². The smallest absolute Gasteiger partial charge is 0.272 e. The van der Waals surface area contributed by atoms with E-state index in [1.807, 2.05) is 74.5 Å². The number of amides is 3. The third-order valence-corrected chi connectivity index (χ3v) is 9.39. The van der Waals surface area contributed by atoms with E-state index in [9.17, 15) is 14.4 Å². The summed E-state index contributed by atoms with van der Waals surface area (Å²) in [5, 5.41) is 9.07. The molecule has 0 spiro atoms. The molecule has 0 fully saturated rings. The largest absolute Gasteiger partial charge is 0.494 e. The highest BCUT2D eigenvalue weighted by atomic mass is 32.2. The van der Waals surface area contributed by atoms with Gasteiger partial charge in [-0.3, -0.25) is 19.7 Å². The van der Waals surface area contributed by atoms with E-state index in [1.54, 1.807) is 54.6 Å². The van der Waals surface area contributed by atoms with Gasteiger partial charge in [-0.1, -0.05) is 79.3 Å². The molecule has 0 aliphatic carbocycles. The van der Waals surface area contributed by atoms with Crippen LogP contribution in [0.1, 0.15) is 40.6 Å². The number of carbonyl (C=O) groups excluding carboxylic acids is 3. The van der Waals surface area contributed by atoms with Crippen molar-refractivity contribution >= 4 is 69.7 Å². The molecular formula is C36H33N5O4S3. The maximum absolute atomic E-state index is 13.5. The molecule has 1 heterocycles. The van der Waals surface area contributed by atoms with Crippen molar-refractivity contribution in [2.75, 3.05) is 23.0 Å². The van der Waals surface area contributed by atoms with Crippen molar-refractivity contribution in [2.24, 2.45) is 0 Å². The number of anilines is 2. The lowest BCUT2D eigenvalue weighted by Gasteiger charge is -2.16. The van der Waals surface area contributed by atoms with Crippen molar-refractivity contribution in [1.82, 2.24) is 14.7 Å². The van der Waals surface area contributed by atoms with Crippen LogP contribution in [0.25, 0.3) is 6.08 Å². The van der Waals surface area contributed by atoms with Crippen LogP contribution in [0.4, 0.5) is 10.8 Å². The first-order valence-corrected chi connectivity index (χ1v) is 17.8. The fraction of sp³-hybridized carbons (Fsp3) is 0.139. The molecule has 5 aromatic rings. The van der Waals surface area contributed by atoms with Gasteiger partial charge in [0.1, 0.15) is 16.7 Å². The fourth-order valence-electron chi connectivity index (χ4n) is 4.41. The number of hydrogen-bond acceptors (Lipinski definition) is 9. The van der Waals surface area contributed by atoms with Gasteiger partial charge >= 0.3 is 0 Å². The highest BCUT2D eigenvalue weighted by molar-refractivity contribution is 8.00. The van der Waals surface area contributed by atoms with E-state index in [0.29, 0.717) is 39.5 Å². The van der Waals surface area contributed by atoms with E-state index in [1.165, 1.54) is 23.5 Å². The van der Waals surface area contributed by atoms with Crippen LogP contribution in [0.3, 0.4) is 0 Å². The van der Waals surface area contributed by atoms with Crippen LogP contribution >= 0.6 is 35.1 Å². The van der Waals surface area contributed by atoms with Gasteiger partial charge in [-0.2, -0.15) is 9.36 Å². The highest BCUT2D eigenvalue weighted by Crippen LogP contribution is 2.37. The Morgan fingerprint density at radius 2 is 1.54 bits per heavy atom. The first-order valence-electron chi connectivity index (χ1n) is 15.1. The minimum atomic E-state index is -0.560. The lowest BCUT2D eigenvalue weighted by atomic mass is 10.1. The summed E-state index contributed by atoms with van der Waals surface area (Å²) in [4.78, 5) is 45.2. The summed E-state index contributed by atoms with van der Waals surface area (Å²) in [6.45, 7) is 4.46. The number of aromatic nitrogens is 2. The first kappa shape index (κ1) is 34.4.